The largest absolute Gasteiger partial charge is 0.478 e. The Bertz CT molecular complexity index is 537. The highest BCUT2D eigenvalue weighted by Gasteiger charge is 2.10. The van der Waals surface area contributed by atoms with Gasteiger partial charge in [-0.05, 0) is 30.0 Å². The molecule has 0 amide bonds. The Labute approximate surface area is 104 Å². The third kappa shape index (κ3) is 2.47. The van der Waals surface area contributed by atoms with E-state index in [1.807, 2.05) is 30.5 Å². The lowest BCUT2D eigenvalue weighted by Gasteiger charge is -2.05. The summed E-state index contributed by atoms with van der Waals surface area (Å²) >= 11 is 1.65. The van der Waals surface area contributed by atoms with Gasteiger partial charge in [-0.2, -0.15) is 0 Å². The number of hydrogen-bond acceptors (Lipinski definition) is 3. The molecule has 0 aliphatic carbocycles. The Morgan fingerprint density at radius 1 is 1.24 bits per heavy atom. The van der Waals surface area contributed by atoms with Gasteiger partial charge in [0.25, 0.3) is 0 Å². The van der Waals surface area contributed by atoms with Crippen LogP contribution in [0.4, 0.5) is 0 Å². The zero-order valence-corrected chi connectivity index (χ0v) is 10.1. The Kier molecular flexibility index (Phi) is 3.44. The number of carboxylic acid groups (broad SMARTS) is 1. The van der Waals surface area contributed by atoms with Crippen LogP contribution in [0.5, 0.6) is 0 Å². The van der Waals surface area contributed by atoms with Crippen molar-refractivity contribution >= 4 is 17.7 Å². The summed E-state index contributed by atoms with van der Waals surface area (Å²) in [6.07, 6.45) is 5.07. The van der Waals surface area contributed by atoms with E-state index in [0.717, 1.165) is 10.5 Å². The molecule has 1 heterocycles. The molecule has 1 aromatic carbocycles. The van der Waals surface area contributed by atoms with Crippen molar-refractivity contribution in [2.75, 3.05) is 6.26 Å². The molecule has 2 rings (SSSR count). The lowest BCUT2D eigenvalue weighted by Crippen LogP contribution is -1.99. The van der Waals surface area contributed by atoms with E-state index in [0.29, 0.717) is 5.56 Å². The van der Waals surface area contributed by atoms with Gasteiger partial charge in [0.05, 0.1) is 5.56 Å². The molecule has 1 N–H and O–H groups in total. The van der Waals surface area contributed by atoms with Crippen molar-refractivity contribution in [3.8, 4) is 11.1 Å². The third-order valence-electron chi connectivity index (χ3n) is 2.45. The van der Waals surface area contributed by atoms with Crippen LogP contribution in [-0.4, -0.2) is 22.3 Å². The SMILES string of the molecule is CSc1ccc(-c2cnccc2C(=O)O)cc1. The first kappa shape index (κ1) is 11.7. The van der Waals surface area contributed by atoms with Gasteiger partial charge in [-0.15, -0.1) is 11.8 Å². The van der Waals surface area contributed by atoms with E-state index in [9.17, 15) is 4.79 Å². The average Bonchev–Trinajstić information content (AvgIpc) is 2.39. The molecule has 2 aromatic rings. The van der Waals surface area contributed by atoms with E-state index < -0.39 is 5.97 Å². The summed E-state index contributed by atoms with van der Waals surface area (Å²) in [5.74, 6) is -0.934. The van der Waals surface area contributed by atoms with Gasteiger partial charge in [-0.3, -0.25) is 4.98 Å². The second-order valence-corrected chi connectivity index (χ2v) is 4.33. The molecular formula is C13H11NO2S. The lowest BCUT2D eigenvalue weighted by atomic mass is 10.0. The summed E-state index contributed by atoms with van der Waals surface area (Å²) in [6.45, 7) is 0. The van der Waals surface area contributed by atoms with Gasteiger partial charge in [-0.25, -0.2) is 4.79 Å². The van der Waals surface area contributed by atoms with Crippen LogP contribution >= 0.6 is 11.8 Å². The molecule has 0 atom stereocenters. The number of carbonyl (C=O) groups is 1. The number of aromatic carboxylic acids is 1. The van der Waals surface area contributed by atoms with E-state index in [4.69, 9.17) is 5.11 Å². The van der Waals surface area contributed by atoms with Crippen molar-refractivity contribution in [1.29, 1.82) is 0 Å². The normalized spacial score (nSPS) is 10.2. The third-order valence-corrected chi connectivity index (χ3v) is 3.20. The van der Waals surface area contributed by atoms with Crippen molar-refractivity contribution in [1.82, 2.24) is 4.98 Å². The molecule has 0 bridgehead atoms. The van der Waals surface area contributed by atoms with Crippen LogP contribution in [0.25, 0.3) is 11.1 Å². The predicted molar refractivity (Wildman–Crippen MR) is 68.4 cm³/mol. The van der Waals surface area contributed by atoms with Crippen molar-refractivity contribution < 1.29 is 9.90 Å². The van der Waals surface area contributed by atoms with Crippen LogP contribution in [-0.2, 0) is 0 Å². The van der Waals surface area contributed by atoms with Crippen LogP contribution in [0.3, 0.4) is 0 Å². The summed E-state index contributed by atoms with van der Waals surface area (Å²) in [4.78, 5) is 16.2. The highest BCUT2D eigenvalue weighted by Crippen LogP contribution is 2.25. The fraction of sp³-hybridized carbons (Fsp3) is 0.0769. The number of pyridine rings is 1. The first-order chi connectivity index (χ1) is 8.22. The molecule has 0 radical (unpaired) electrons. The highest BCUT2D eigenvalue weighted by atomic mass is 32.2. The maximum absolute atomic E-state index is 11.1. The van der Waals surface area contributed by atoms with Crippen LogP contribution < -0.4 is 0 Å². The van der Waals surface area contributed by atoms with E-state index in [1.54, 1.807) is 18.0 Å². The van der Waals surface area contributed by atoms with E-state index >= 15 is 0 Å². The lowest BCUT2D eigenvalue weighted by molar-refractivity contribution is 0.0697. The number of benzene rings is 1. The number of carboxylic acids is 1. The van der Waals surface area contributed by atoms with E-state index in [1.165, 1.54) is 12.3 Å². The predicted octanol–water partition coefficient (Wildman–Crippen LogP) is 3.17. The topological polar surface area (TPSA) is 50.2 Å². The van der Waals surface area contributed by atoms with Crippen molar-refractivity contribution in [3.05, 3.63) is 48.3 Å². The van der Waals surface area contributed by atoms with Crippen LogP contribution in [0.2, 0.25) is 0 Å². The Balaban J connectivity index is 2.48. The first-order valence-electron chi connectivity index (χ1n) is 5.04. The Morgan fingerprint density at radius 2 is 1.94 bits per heavy atom. The number of thioether (sulfide) groups is 1. The minimum atomic E-state index is -0.934. The van der Waals surface area contributed by atoms with Crippen molar-refractivity contribution in [3.63, 3.8) is 0 Å². The van der Waals surface area contributed by atoms with Gasteiger partial charge in [0.2, 0.25) is 0 Å². The van der Waals surface area contributed by atoms with Gasteiger partial charge in [0.1, 0.15) is 0 Å². The number of hydrogen-bond donors (Lipinski definition) is 1. The quantitative estimate of drug-likeness (QED) is 0.844. The summed E-state index contributed by atoms with van der Waals surface area (Å²) in [5, 5.41) is 9.10. The van der Waals surface area contributed by atoms with Crippen molar-refractivity contribution in [2.24, 2.45) is 0 Å². The van der Waals surface area contributed by atoms with E-state index in [-0.39, 0.29) is 5.56 Å². The summed E-state index contributed by atoms with van der Waals surface area (Å²) in [6, 6.07) is 9.28. The van der Waals surface area contributed by atoms with E-state index in [2.05, 4.69) is 4.98 Å². The molecule has 0 aliphatic rings. The minimum Gasteiger partial charge on any atom is -0.478 e. The molecule has 0 spiro atoms. The second kappa shape index (κ2) is 5.01. The Morgan fingerprint density at radius 3 is 2.53 bits per heavy atom. The molecule has 0 saturated heterocycles. The summed E-state index contributed by atoms with van der Waals surface area (Å²) in [5.41, 5.74) is 1.79. The smallest absolute Gasteiger partial charge is 0.336 e. The molecule has 1 aromatic heterocycles. The van der Waals surface area contributed by atoms with Gasteiger partial charge >= 0.3 is 5.97 Å². The molecule has 0 unspecified atom stereocenters. The van der Waals surface area contributed by atoms with Gasteiger partial charge < -0.3 is 5.11 Å². The van der Waals surface area contributed by atoms with Crippen LogP contribution in [0.15, 0.2) is 47.6 Å². The fourth-order valence-electron chi connectivity index (χ4n) is 1.58. The summed E-state index contributed by atoms with van der Waals surface area (Å²) in [7, 11) is 0. The summed E-state index contributed by atoms with van der Waals surface area (Å²) < 4.78 is 0. The van der Waals surface area contributed by atoms with Crippen molar-refractivity contribution in [2.45, 2.75) is 4.90 Å². The molecule has 86 valence electrons. The second-order valence-electron chi connectivity index (χ2n) is 3.45. The number of rotatable bonds is 3. The average molecular weight is 245 g/mol. The maximum Gasteiger partial charge on any atom is 0.336 e. The minimum absolute atomic E-state index is 0.275. The first-order valence-corrected chi connectivity index (χ1v) is 6.26. The van der Waals surface area contributed by atoms with Crippen LogP contribution in [0.1, 0.15) is 10.4 Å². The molecule has 4 heteroatoms. The molecule has 0 aliphatic heterocycles. The number of nitrogens with zero attached hydrogens (tertiary/aromatic N) is 1. The fourth-order valence-corrected chi connectivity index (χ4v) is 1.99. The van der Waals surface area contributed by atoms with Gasteiger partial charge in [0, 0.05) is 22.9 Å². The zero-order valence-electron chi connectivity index (χ0n) is 9.25. The standard InChI is InChI=1S/C13H11NO2S/c1-17-10-4-2-9(3-5-10)12-8-14-7-6-11(12)13(15)16/h2-8H,1H3,(H,15,16). The molecule has 17 heavy (non-hydrogen) atoms. The molecule has 3 nitrogen and oxygen atoms in total. The monoisotopic (exact) mass is 245 g/mol. The van der Waals surface area contributed by atoms with Gasteiger partial charge in [-0.1, -0.05) is 12.1 Å². The maximum atomic E-state index is 11.1. The van der Waals surface area contributed by atoms with Crippen LogP contribution in [0, 0.1) is 0 Å². The van der Waals surface area contributed by atoms with Gasteiger partial charge in [0.15, 0.2) is 0 Å². The number of aromatic nitrogens is 1. The molecule has 0 fully saturated rings. The highest BCUT2D eigenvalue weighted by molar-refractivity contribution is 7.98. The zero-order chi connectivity index (χ0) is 12.3. The molecular weight excluding hydrogens is 234 g/mol. The molecule has 0 saturated carbocycles. The Hall–Kier alpha value is -1.81.